The summed E-state index contributed by atoms with van der Waals surface area (Å²) in [6.45, 7) is 6.06. The Kier molecular flexibility index (Phi) is 3.89. The van der Waals surface area contributed by atoms with E-state index in [1.165, 1.54) is 5.56 Å². The van der Waals surface area contributed by atoms with Gasteiger partial charge in [-0.3, -0.25) is 4.79 Å². The molecule has 0 saturated carbocycles. The van der Waals surface area contributed by atoms with Gasteiger partial charge in [-0.2, -0.15) is 0 Å². The van der Waals surface area contributed by atoms with E-state index in [9.17, 15) is 4.79 Å². The molecule has 82 valence electrons. The zero-order valence-corrected chi connectivity index (χ0v) is 9.58. The van der Waals surface area contributed by atoms with Crippen molar-refractivity contribution < 1.29 is 9.90 Å². The normalized spacial score (nSPS) is 12.5. The van der Waals surface area contributed by atoms with Gasteiger partial charge in [0, 0.05) is 0 Å². The first kappa shape index (κ1) is 11.8. The Bertz CT molecular complexity index is 356. The van der Waals surface area contributed by atoms with Crippen LogP contribution in [0.2, 0.25) is 0 Å². The van der Waals surface area contributed by atoms with E-state index in [0.717, 1.165) is 17.5 Å². The van der Waals surface area contributed by atoms with Crippen LogP contribution in [0.3, 0.4) is 0 Å². The van der Waals surface area contributed by atoms with Crippen molar-refractivity contribution in [2.75, 3.05) is 0 Å². The maximum Gasteiger partial charge on any atom is 0.310 e. The molecule has 0 spiro atoms. The highest BCUT2D eigenvalue weighted by molar-refractivity contribution is 5.76. The summed E-state index contributed by atoms with van der Waals surface area (Å²) in [4.78, 5) is 11.1. The summed E-state index contributed by atoms with van der Waals surface area (Å²) in [6.07, 6.45) is 1.60. The quantitative estimate of drug-likeness (QED) is 0.820. The van der Waals surface area contributed by atoms with Gasteiger partial charge in [0.1, 0.15) is 0 Å². The maximum atomic E-state index is 11.1. The lowest BCUT2D eigenvalue weighted by Gasteiger charge is -2.13. The molecule has 1 atom stereocenters. The van der Waals surface area contributed by atoms with Crippen molar-refractivity contribution in [3.8, 4) is 0 Å². The summed E-state index contributed by atoms with van der Waals surface area (Å²) < 4.78 is 0. The third-order valence-electron chi connectivity index (χ3n) is 2.81. The second-order valence-electron chi connectivity index (χ2n) is 4.02. The van der Waals surface area contributed by atoms with Crippen LogP contribution in [-0.4, -0.2) is 11.1 Å². The van der Waals surface area contributed by atoms with Gasteiger partial charge >= 0.3 is 5.97 Å². The first-order chi connectivity index (χ1) is 7.06. The van der Waals surface area contributed by atoms with Gasteiger partial charge in [-0.25, -0.2) is 0 Å². The lowest BCUT2D eigenvalue weighted by atomic mass is 9.92. The summed E-state index contributed by atoms with van der Waals surface area (Å²) in [5.41, 5.74) is 3.29. The number of aryl methyl sites for hydroxylation is 2. The molecule has 0 aromatic heterocycles. The molecule has 0 aliphatic heterocycles. The second kappa shape index (κ2) is 4.96. The number of hydrogen-bond donors (Lipinski definition) is 1. The van der Waals surface area contributed by atoms with Gasteiger partial charge in [-0.05, 0) is 37.0 Å². The molecule has 0 aliphatic carbocycles. The fourth-order valence-corrected chi connectivity index (χ4v) is 1.70. The van der Waals surface area contributed by atoms with Crippen LogP contribution in [0.1, 0.15) is 42.4 Å². The van der Waals surface area contributed by atoms with Crippen molar-refractivity contribution in [3.63, 3.8) is 0 Å². The van der Waals surface area contributed by atoms with E-state index in [-0.39, 0.29) is 5.92 Å². The van der Waals surface area contributed by atoms with E-state index < -0.39 is 5.97 Å². The molecular weight excluding hydrogens is 188 g/mol. The molecule has 15 heavy (non-hydrogen) atoms. The maximum absolute atomic E-state index is 11.1. The largest absolute Gasteiger partial charge is 0.481 e. The zero-order chi connectivity index (χ0) is 11.4. The number of benzene rings is 1. The molecule has 0 heterocycles. The van der Waals surface area contributed by atoms with E-state index >= 15 is 0 Å². The first-order valence-corrected chi connectivity index (χ1v) is 5.36. The van der Waals surface area contributed by atoms with Crippen LogP contribution in [0.15, 0.2) is 18.2 Å². The number of aliphatic carboxylic acids is 1. The molecule has 1 N–H and O–H groups in total. The first-order valence-electron chi connectivity index (χ1n) is 5.36. The summed E-state index contributed by atoms with van der Waals surface area (Å²) >= 11 is 0. The SMILES string of the molecule is CCCC(C(=O)O)c1ccc(C)c(C)c1. The number of rotatable bonds is 4. The predicted molar refractivity (Wildman–Crippen MR) is 61.2 cm³/mol. The van der Waals surface area contributed by atoms with Crippen LogP contribution < -0.4 is 0 Å². The minimum Gasteiger partial charge on any atom is -0.481 e. The molecule has 0 aliphatic rings. The molecule has 0 amide bonds. The molecule has 0 fully saturated rings. The zero-order valence-electron chi connectivity index (χ0n) is 9.58. The Morgan fingerprint density at radius 3 is 2.47 bits per heavy atom. The highest BCUT2D eigenvalue weighted by atomic mass is 16.4. The molecule has 0 radical (unpaired) electrons. The average molecular weight is 206 g/mol. The summed E-state index contributed by atoms with van der Waals surface area (Å²) in [6, 6.07) is 5.91. The van der Waals surface area contributed by atoms with Gasteiger partial charge in [-0.1, -0.05) is 31.5 Å². The molecular formula is C13H18O2. The van der Waals surface area contributed by atoms with E-state index in [1.54, 1.807) is 0 Å². The van der Waals surface area contributed by atoms with Crippen molar-refractivity contribution in [1.29, 1.82) is 0 Å². The number of carboxylic acids is 1. The van der Waals surface area contributed by atoms with Gasteiger partial charge in [0.25, 0.3) is 0 Å². The minimum absolute atomic E-state index is 0.353. The summed E-state index contributed by atoms with van der Waals surface area (Å²) in [5.74, 6) is -1.07. The van der Waals surface area contributed by atoms with Gasteiger partial charge < -0.3 is 5.11 Å². The van der Waals surface area contributed by atoms with E-state index in [2.05, 4.69) is 0 Å². The van der Waals surface area contributed by atoms with Gasteiger partial charge in [-0.15, -0.1) is 0 Å². The monoisotopic (exact) mass is 206 g/mol. The van der Waals surface area contributed by atoms with E-state index in [0.29, 0.717) is 6.42 Å². The van der Waals surface area contributed by atoms with Crippen LogP contribution in [0, 0.1) is 13.8 Å². The second-order valence-corrected chi connectivity index (χ2v) is 4.02. The summed E-state index contributed by atoms with van der Waals surface area (Å²) in [5, 5.41) is 9.12. The molecule has 1 rings (SSSR count). The number of hydrogen-bond acceptors (Lipinski definition) is 1. The standard InChI is InChI=1S/C13H18O2/c1-4-5-12(13(14)15)11-7-6-9(2)10(3)8-11/h6-8,12H,4-5H2,1-3H3,(H,14,15). The Morgan fingerprint density at radius 1 is 1.33 bits per heavy atom. The third-order valence-corrected chi connectivity index (χ3v) is 2.81. The van der Waals surface area contributed by atoms with E-state index in [4.69, 9.17) is 5.11 Å². The lowest BCUT2D eigenvalue weighted by molar-refractivity contribution is -0.139. The predicted octanol–water partition coefficient (Wildman–Crippen LogP) is 3.27. The molecule has 1 aromatic carbocycles. The molecule has 2 nitrogen and oxygen atoms in total. The number of carboxylic acid groups (broad SMARTS) is 1. The smallest absolute Gasteiger partial charge is 0.310 e. The third kappa shape index (κ3) is 2.82. The van der Waals surface area contributed by atoms with Crippen molar-refractivity contribution in [1.82, 2.24) is 0 Å². The Balaban J connectivity index is 3.01. The Morgan fingerprint density at radius 2 is 2.00 bits per heavy atom. The molecule has 0 saturated heterocycles. The van der Waals surface area contributed by atoms with Crippen LogP contribution >= 0.6 is 0 Å². The molecule has 1 aromatic rings. The topological polar surface area (TPSA) is 37.3 Å². The van der Waals surface area contributed by atoms with Crippen LogP contribution in [0.5, 0.6) is 0 Å². The molecule has 1 unspecified atom stereocenters. The minimum atomic E-state index is -0.722. The van der Waals surface area contributed by atoms with Crippen molar-refractivity contribution in [3.05, 3.63) is 34.9 Å². The highest BCUT2D eigenvalue weighted by Crippen LogP contribution is 2.23. The Hall–Kier alpha value is -1.31. The van der Waals surface area contributed by atoms with Crippen molar-refractivity contribution >= 4 is 5.97 Å². The molecule has 2 heteroatoms. The summed E-state index contributed by atoms with van der Waals surface area (Å²) in [7, 11) is 0. The fourth-order valence-electron chi connectivity index (χ4n) is 1.70. The van der Waals surface area contributed by atoms with Crippen molar-refractivity contribution in [2.24, 2.45) is 0 Å². The lowest BCUT2D eigenvalue weighted by Crippen LogP contribution is -2.11. The van der Waals surface area contributed by atoms with Crippen LogP contribution in [0.4, 0.5) is 0 Å². The highest BCUT2D eigenvalue weighted by Gasteiger charge is 2.18. The molecule has 0 bridgehead atoms. The Labute approximate surface area is 90.9 Å². The fraction of sp³-hybridized carbons (Fsp3) is 0.462. The van der Waals surface area contributed by atoms with E-state index in [1.807, 2.05) is 39.0 Å². The number of carbonyl (C=O) groups is 1. The van der Waals surface area contributed by atoms with Gasteiger partial charge in [0.15, 0.2) is 0 Å². The van der Waals surface area contributed by atoms with Crippen molar-refractivity contribution in [2.45, 2.75) is 39.5 Å². The van der Waals surface area contributed by atoms with Crippen LogP contribution in [-0.2, 0) is 4.79 Å². The van der Waals surface area contributed by atoms with Gasteiger partial charge in [0.2, 0.25) is 0 Å². The van der Waals surface area contributed by atoms with Crippen LogP contribution in [0.25, 0.3) is 0 Å². The van der Waals surface area contributed by atoms with Gasteiger partial charge in [0.05, 0.1) is 5.92 Å². The average Bonchev–Trinajstić information content (AvgIpc) is 2.18.